The Hall–Kier alpha value is -1.65. The van der Waals surface area contributed by atoms with Gasteiger partial charge in [0.25, 0.3) is 0 Å². The predicted octanol–water partition coefficient (Wildman–Crippen LogP) is 3.56. The molecule has 0 bridgehead atoms. The van der Waals surface area contributed by atoms with Crippen molar-refractivity contribution < 1.29 is 4.74 Å². The second-order valence-corrected chi connectivity index (χ2v) is 7.07. The van der Waals surface area contributed by atoms with E-state index in [4.69, 9.17) is 4.74 Å². The highest BCUT2D eigenvalue weighted by molar-refractivity contribution is 5.22. The summed E-state index contributed by atoms with van der Waals surface area (Å²) in [6.45, 7) is 9.42. The number of methoxy groups -OCH3 is 1. The maximum atomic E-state index is 5.27. The Kier molecular flexibility index (Phi) is 5.69. The first kappa shape index (κ1) is 17.2. The van der Waals surface area contributed by atoms with Crippen LogP contribution >= 0.6 is 0 Å². The third-order valence-corrected chi connectivity index (χ3v) is 5.05. The van der Waals surface area contributed by atoms with E-state index in [1.54, 1.807) is 7.11 Å². The second-order valence-electron chi connectivity index (χ2n) is 7.07. The average Bonchev–Trinajstić information content (AvgIpc) is 2.90. The largest absolute Gasteiger partial charge is 0.377 e. The topological polar surface area (TPSA) is 30.3 Å². The molecule has 1 fully saturated rings. The molecule has 130 valence electrons. The van der Waals surface area contributed by atoms with Gasteiger partial charge in [-0.25, -0.2) is 4.98 Å². The molecule has 0 aliphatic carbocycles. The molecule has 2 aromatic rings. The van der Waals surface area contributed by atoms with E-state index in [2.05, 4.69) is 52.6 Å². The summed E-state index contributed by atoms with van der Waals surface area (Å²) in [7, 11) is 1.73. The van der Waals surface area contributed by atoms with Crippen LogP contribution in [0.1, 0.15) is 35.5 Å². The molecule has 1 aromatic carbocycles. The fourth-order valence-electron chi connectivity index (χ4n) is 3.66. The Morgan fingerprint density at radius 1 is 1.21 bits per heavy atom. The zero-order valence-corrected chi connectivity index (χ0v) is 15.2. The minimum atomic E-state index is 0.597. The minimum absolute atomic E-state index is 0.597. The van der Waals surface area contributed by atoms with E-state index >= 15 is 0 Å². The smallest absolute Gasteiger partial charge is 0.134 e. The highest BCUT2D eigenvalue weighted by Crippen LogP contribution is 2.22. The standard InChI is InChI=1S/C20H29N3O/c1-16-5-4-6-19(11-16)13-22-9-7-18(8-10-22)14-23-17(2)12-21-20(23)15-24-3/h4-6,11-12,18H,7-10,13-15H2,1-3H3. The molecule has 0 N–H and O–H groups in total. The molecule has 1 aliphatic heterocycles. The lowest BCUT2D eigenvalue weighted by atomic mass is 9.96. The third kappa shape index (κ3) is 4.25. The van der Waals surface area contributed by atoms with E-state index in [9.17, 15) is 0 Å². The molecule has 0 spiro atoms. The first-order chi connectivity index (χ1) is 11.7. The molecule has 1 aliphatic rings. The van der Waals surface area contributed by atoms with Gasteiger partial charge in [-0.1, -0.05) is 29.8 Å². The number of aryl methyl sites for hydroxylation is 2. The minimum Gasteiger partial charge on any atom is -0.377 e. The molecule has 1 saturated heterocycles. The fraction of sp³-hybridized carbons (Fsp3) is 0.550. The quantitative estimate of drug-likeness (QED) is 0.813. The van der Waals surface area contributed by atoms with Crippen LogP contribution in [-0.4, -0.2) is 34.7 Å². The van der Waals surface area contributed by atoms with Crippen molar-refractivity contribution in [3.63, 3.8) is 0 Å². The first-order valence-electron chi connectivity index (χ1n) is 8.93. The van der Waals surface area contributed by atoms with Crippen LogP contribution in [-0.2, 0) is 24.4 Å². The molecule has 3 rings (SSSR count). The molecule has 4 nitrogen and oxygen atoms in total. The normalized spacial score (nSPS) is 16.6. The van der Waals surface area contributed by atoms with Crippen molar-refractivity contribution in [1.82, 2.24) is 14.5 Å². The van der Waals surface area contributed by atoms with Crippen LogP contribution in [0.5, 0.6) is 0 Å². The monoisotopic (exact) mass is 327 g/mol. The Morgan fingerprint density at radius 2 is 2.00 bits per heavy atom. The third-order valence-electron chi connectivity index (χ3n) is 5.05. The summed E-state index contributed by atoms with van der Waals surface area (Å²) >= 11 is 0. The zero-order valence-electron chi connectivity index (χ0n) is 15.2. The number of aromatic nitrogens is 2. The van der Waals surface area contributed by atoms with Crippen LogP contribution in [0.3, 0.4) is 0 Å². The van der Waals surface area contributed by atoms with Crippen molar-refractivity contribution >= 4 is 0 Å². The van der Waals surface area contributed by atoms with Gasteiger partial charge in [0, 0.05) is 32.1 Å². The highest BCUT2D eigenvalue weighted by atomic mass is 16.5. The van der Waals surface area contributed by atoms with Gasteiger partial charge in [-0.05, 0) is 51.3 Å². The van der Waals surface area contributed by atoms with Crippen LogP contribution in [0.2, 0.25) is 0 Å². The van der Waals surface area contributed by atoms with Crippen molar-refractivity contribution in [1.29, 1.82) is 0 Å². The predicted molar refractivity (Wildman–Crippen MR) is 96.9 cm³/mol. The molecule has 2 heterocycles. The number of piperidine rings is 1. The number of rotatable bonds is 6. The molecule has 0 radical (unpaired) electrons. The average molecular weight is 327 g/mol. The van der Waals surface area contributed by atoms with E-state index in [-0.39, 0.29) is 0 Å². The van der Waals surface area contributed by atoms with E-state index in [1.165, 1.54) is 42.8 Å². The summed E-state index contributed by atoms with van der Waals surface area (Å²) in [5.41, 5.74) is 4.02. The van der Waals surface area contributed by atoms with Crippen LogP contribution in [0, 0.1) is 19.8 Å². The maximum absolute atomic E-state index is 5.27. The SMILES string of the molecule is COCc1ncc(C)n1CC1CCN(Cc2cccc(C)c2)CC1. The molecule has 0 atom stereocenters. The lowest BCUT2D eigenvalue weighted by molar-refractivity contribution is 0.155. The van der Waals surface area contributed by atoms with Gasteiger partial charge in [-0.15, -0.1) is 0 Å². The van der Waals surface area contributed by atoms with E-state index in [1.807, 2.05) is 6.20 Å². The number of benzene rings is 1. The van der Waals surface area contributed by atoms with Crippen molar-refractivity contribution in [3.8, 4) is 0 Å². The Labute approximate surface area is 145 Å². The van der Waals surface area contributed by atoms with Gasteiger partial charge in [0.15, 0.2) is 0 Å². The Morgan fingerprint density at radius 3 is 2.71 bits per heavy atom. The number of nitrogens with zero attached hydrogens (tertiary/aromatic N) is 3. The number of imidazole rings is 1. The summed E-state index contributed by atoms with van der Waals surface area (Å²) in [5.74, 6) is 1.79. The molecular formula is C20H29N3O. The second kappa shape index (κ2) is 7.95. The number of ether oxygens (including phenoxy) is 1. The molecule has 0 unspecified atom stereocenters. The summed E-state index contributed by atoms with van der Waals surface area (Å²) in [6.07, 6.45) is 4.48. The van der Waals surface area contributed by atoms with Crippen LogP contribution in [0.25, 0.3) is 0 Å². The van der Waals surface area contributed by atoms with Crippen LogP contribution in [0.15, 0.2) is 30.5 Å². The van der Waals surface area contributed by atoms with Gasteiger partial charge >= 0.3 is 0 Å². The van der Waals surface area contributed by atoms with Crippen LogP contribution < -0.4 is 0 Å². The van der Waals surface area contributed by atoms with E-state index in [0.717, 1.165) is 24.8 Å². The molecule has 0 amide bonds. The van der Waals surface area contributed by atoms with E-state index < -0.39 is 0 Å². The lowest BCUT2D eigenvalue weighted by Gasteiger charge is -2.32. The van der Waals surface area contributed by atoms with Gasteiger partial charge in [-0.3, -0.25) is 4.90 Å². The number of hydrogen-bond donors (Lipinski definition) is 0. The van der Waals surface area contributed by atoms with Gasteiger partial charge in [0.1, 0.15) is 12.4 Å². The van der Waals surface area contributed by atoms with Gasteiger partial charge < -0.3 is 9.30 Å². The molecule has 1 aromatic heterocycles. The van der Waals surface area contributed by atoms with E-state index in [0.29, 0.717) is 6.61 Å². The highest BCUT2D eigenvalue weighted by Gasteiger charge is 2.21. The summed E-state index contributed by atoms with van der Waals surface area (Å²) in [5, 5.41) is 0. The number of hydrogen-bond acceptors (Lipinski definition) is 3. The van der Waals surface area contributed by atoms with Gasteiger partial charge in [0.05, 0.1) is 0 Å². The van der Waals surface area contributed by atoms with Crippen molar-refractivity contribution in [2.75, 3.05) is 20.2 Å². The van der Waals surface area contributed by atoms with Crippen molar-refractivity contribution in [2.24, 2.45) is 5.92 Å². The number of likely N-dealkylation sites (tertiary alicyclic amines) is 1. The fourth-order valence-corrected chi connectivity index (χ4v) is 3.66. The van der Waals surface area contributed by atoms with Gasteiger partial charge in [-0.2, -0.15) is 0 Å². The van der Waals surface area contributed by atoms with Crippen LogP contribution in [0.4, 0.5) is 0 Å². The lowest BCUT2D eigenvalue weighted by Crippen LogP contribution is -2.34. The summed E-state index contributed by atoms with van der Waals surface area (Å²) in [6, 6.07) is 8.88. The Bertz CT molecular complexity index is 657. The molecule has 4 heteroatoms. The van der Waals surface area contributed by atoms with Crippen molar-refractivity contribution in [3.05, 3.63) is 53.1 Å². The summed E-state index contributed by atoms with van der Waals surface area (Å²) < 4.78 is 7.61. The van der Waals surface area contributed by atoms with Crippen molar-refractivity contribution in [2.45, 2.75) is 46.4 Å². The zero-order chi connectivity index (χ0) is 16.9. The summed E-state index contributed by atoms with van der Waals surface area (Å²) in [4.78, 5) is 7.06. The first-order valence-corrected chi connectivity index (χ1v) is 8.93. The molecule has 0 saturated carbocycles. The Balaban J connectivity index is 1.53. The molecular weight excluding hydrogens is 298 g/mol. The molecule has 24 heavy (non-hydrogen) atoms. The van der Waals surface area contributed by atoms with Gasteiger partial charge in [0.2, 0.25) is 0 Å². The maximum Gasteiger partial charge on any atom is 0.134 e.